The normalized spacial score (nSPS) is 9.40. The monoisotopic (exact) mass is 368 g/mol. The van der Waals surface area contributed by atoms with Crippen LogP contribution in [-0.2, 0) is 15.7 Å². The van der Waals surface area contributed by atoms with E-state index in [2.05, 4.69) is 6.13 Å². The van der Waals surface area contributed by atoms with Crippen LogP contribution >= 0.6 is 46.0 Å². The van der Waals surface area contributed by atoms with Crippen LogP contribution in [0.4, 0.5) is 0 Å². The van der Waals surface area contributed by atoms with E-state index in [1.165, 1.54) is 46.0 Å². The van der Waals surface area contributed by atoms with Crippen molar-refractivity contribution in [3.63, 3.8) is 0 Å². The second-order valence-electron chi connectivity index (χ2n) is 1.13. The molecule has 0 radical (unpaired) electrons. The first-order chi connectivity index (χ1) is 4.70. The van der Waals surface area contributed by atoms with E-state index in [0.717, 1.165) is 12.2 Å². The predicted octanol–water partition coefficient (Wildman–Crippen LogP) is 1.33. The van der Waals surface area contributed by atoms with Gasteiger partial charge in [0.1, 0.15) is 0 Å². The van der Waals surface area contributed by atoms with Crippen molar-refractivity contribution in [3.05, 3.63) is 12.2 Å². The summed E-state index contributed by atoms with van der Waals surface area (Å²) in [6.07, 6.45) is 1.96. The number of carbonyl (C=O) groups is 2. The first-order valence-corrected chi connectivity index (χ1v) is 3.80. The van der Waals surface area contributed by atoms with Crippen molar-refractivity contribution in [2.45, 2.75) is 0 Å². The van der Waals surface area contributed by atoms with Crippen LogP contribution in [0.5, 0.6) is 0 Å². The molecule has 56 valence electrons. The molecular weight excluding hydrogens is 366 g/mol. The summed E-state index contributed by atoms with van der Waals surface area (Å²) in [5.41, 5.74) is 0. The molecular formula is C4H2I2O4. The Labute approximate surface area is 85.3 Å². The molecule has 0 atom stereocenters. The van der Waals surface area contributed by atoms with Gasteiger partial charge < -0.3 is 6.13 Å². The Bertz CT molecular complexity index is 147. The van der Waals surface area contributed by atoms with Gasteiger partial charge in [0.25, 0.3) is 0 Å². The molecule has 10 heavy (non-hydrogen) atoms. The van der Waals surface area contributed by atoms with E-state index in [-0.39, 0.29) is 0 Å². The molecule has 0 saturated heterocycles. The largest absolute Gasteiger partial charge is 0.391 e. The molecule has 0 aliphatic rings. The van der Waals surface area contributed by atoms with Crippen LogP contribution in [0, 0.1) is 0 Å². The summed E-state index contributed by atoms with van der Waals surface area (Å²) in [5.74, 6) is -1.19. The zero-order chi connectivity index (χ0) is 7.98. The third-order valence-electron chi connectivity index (χ3n) is 0.508. The Hall–Kier alpha value is 0.140. The molecule has 0 aromatic carbocycles. The molecule has 0 N–H and O–H groups in total. The standard InChI is InChI=1S/C4H2I2O4/c5-9-3(7)1-2-4(8)10-6/h1-2H/b2-1-. The Balaban J connectivity index is 3.75. The van der Waals surface area contributed by atoms with E-state index in [9.17, 15) is 9.59 Å². The highest BCUT2D eigenvalue weighted by Crippen LogP contribution is 1.92. The van der Waals surface area contributed by atoms with Crippen molar-refractivity contribution in [2.75, 3.05) is 0 Å². The fraction of sp³-hybridized carbons (Fsp3) is 0. The number of carbonyl (C=O) groups excluding carboxylic acids is 2. The molecule has 0 aliphatic carbocycles. The fourth-order valence-corrected chi connectivity index (χ4v) is 0.481. The van der Waals surface area contributed by atoms with Crippen molar-refractivity contribution >= 4 is 58.0 Å². The van der Waals surface area contributed by atoms with Crippen molar-refractivity contribution in [2.24, 2.45) is 0 Å². The van der Waals surface area contributed by atoms with E-state index in [4.69, 9.17) is 0 Å². The van der Waals surface area contributed by atoms with Gasteiger partial charge in [-0.3, -0.25) is 0 Å². The SMILES string of the molecule is O=C(/C=C\C(=O)OI)OI. The van der Waals surface area contributed by atoms with Gasteiger partial charge in [0.2, 0.25) is 0 Å². The lowest BCUT2D eigenvalue weighted by Gasteiger charge is -1.85. The van der Waals surface area contributed by atoms with Gasteiger partial charge in [0.05, 0.1) is 0 Å². The summed E-state index contributed by atoms with van der Waals surface area (Å²) in [6.45, 7) is 0. The average Bonchev–Trinajstić information content (AvgIpc) is 1.99. The zero-order valence-electron chi connectivity index (χ0n) is 4.54. The lowest BCUT2D eigenvalue weighted by Crippen LogP contribution is -1.94. The van der Waals surface area contributed by atoms with Crippen LogP contribution in [0.25, 0.3) is 0 Å². The highest BCUT2D eigenvalue weighted by Gasteiger charge is 1.96. The van der Waals surface area contributed by atoms with Crippen LogP contribution in [0.1, 0.15) is 0 Å². The molecule has 4 nitrogen and oxygen atoms in total. The lowest BCUT2D eigenvalue weighted by atomic mass is 10.5. The third-order valence-corrected chi connectivity index (χ3v) is 1.38. The van der Waals surface area contributed by atoms with Crippen molar-refractivity contribution in [1.29, 1.82) is 0 Å². The highest BCUT2D eigenvalue weighted by molar-refractivity contribution is 14.1. The second kappa shape index (κ2) is 5.89. The van der Waals surface area contributed by atoms with Gasteiger partial charge in [-0.25, -0.2) is 9.59 Å². The first-order valence-electron chi connectivity index (χ1n) is 2.04. The highest BCUT2D eigenvalue weighted by atomic mass is 127. The van der Waals surface area contributed by atoms with Crippen molar-refractivity contribution < 1.29 is 15.7 Å². The third kappa shape index (κ3) is 4.97. The zero-order valence-corrected chi connectivity index (χ0v) is 8.86. The molecule has 0 fully saturated rings. The van der Waals surface area contributed by atoms with Gasteiger partial charge >= 0.3 is 11.9 Å². The quantitative estimate of drug-likeness (QED) is 0.546. The van der Waals surface area contributed by atoms with E-state index in [1.54, 1.807) is 0 Å². The van der Waals surface area contributed by atoms with Gasteiger partial charge in [0, 0.05) is 12.2 Å². The first kappa shape index (κ1) is 10.1. The minimum absolute atomic E-state index is 0.595. The van der Waals surface area contributed by atoms with Crippen LogP contribution in [0.3, 0.4) is 0 Å². The summed E-state index contributed by atoms with van der Waals surface area (Å²) in [5, 5.41) is 0. The molecule has 0 spiro atoms. The number of hydrogen-bond acceptors (Lipinski definition) is 4. The summed E-state index contributed by atoms with van der Waals surface area (Å²) in [6, 6.07) is 0. The number of hydrogen-bond donors (Lipinski definition) is 0. The Morgan fingerprint density at radius 3 is 1.50 bits per heavy atom. The van der Waals surface area contributed by atoms with Crippen molar-refractivity contribution in [1.82, 2.24) is 0 Å². The van der Waals surface area contributed by atoms with Crippen LogP contribution in [0.2, 0.25) is 0 Å². The topological polar surface area (TPSA) is 52.6 Å². The van der Waals surface area contributed by atoms with Gasteiger partial charge in [-0.15, -0.1) is 0 Å². The molecule has 0 rings (SSSR count). The molecule has 0 aromatic heterocycles. The maximum atomic E-state index is 10.3. The van der Waals surface area contributed by atoms with Crippen molar-refractivity contribution in [3.8, 4) is 0 Å². The van der Waals surface area contributed by atoms with Gasteiger partial charge in [-0.2, -0.15) is 0 Å². The maximum Gasteiger partial charge on any atom is 0.340 e. The van der Waals surface area contributed by atoms with Gasteiger partial charge in [0.15, 0.2) is 46.0 Å². The number of rotatable bonds is 2. The maximum absolute atomic E-state index is 10.3. The smallest absolute Gasteiger partial charge is 0.340 e. The molecule has 6 heteroatoms. The van der Waals surface area contributed by atoms with E-state index < -0.39 is 11.9 Å². The van der Waals surface area contributed by atoms with E-state index in [1.807, 2.05) is 0 Å². The summed E-state index contributed by atoms with van der Waals surface area (Å²) >= 11 is 2.84. The van der Waals surface area contributed by atoms with E-state index >= 15 is 0 Å². The molecule has 0 heterocycles. The summed E-state index contributed by atoms with van der Waals surface area (Å²) in [4.78, 5) is 20.6. The van der Waals surface area contributed by atoms with Gasteiger partial charge in [-0.1, -0.05) is 0 Å². The minimum Gasteiger partial charge on any atom is -0.391 e. The lowest BCUT2D eigenvalue weighted by molar-refractivity contribution is -0.128. The van der Waals surface area contributed by atoms with Crippen LogP contribution < -0.4 is 0 Å². The average molecular weight is 368 g/mol. The molecule has 0 amide bonds. The summed E-state index contributed by atoms with van der Waals surface area (Å²) < 4.78 is 8.36. The molecule has 0 unspecified atom stereocenters. The summed E-state index contributed by atoms with van der Waals surface area (Å²) in [7, 11) is 0. The Morgan fingerprint density at radius 2 is 1.30 bits per heavy atom. The fourth-order valence-electron chi connectivity index (χ4n) is 0.188. The predicted molar refractivity (Wildman–Crippen MR) is 49.4 cm³/mol. The molecule has 0 aromatic rings. The van der Waals surface area contributed by atoms with Gasteiger partial charge in [-0.05, 0) is 0 Å². The van der Waals surface area contributed by atoms with Crippen LogP contribution in [0.15, 0.2) is 12.2 Å². The molecule has 0 saturated carbocycles. The van der Waals surface area contributed by atoms with Crippen LogP contribution in [-0.4, -0.2) is 11.9 Å². The molecule has 0 bridgehead atoms. The Morgan fingerprint density at radius 1 is 1.00 bits per heavy atom. The van der Waals surface area contributed by atoms with E-state index in [0.29, 0.717) is 0 Å². The molecule has 0 aliphatic heterocycles. The second-order valence-corrected chi connectivity index (χ2v) is 2.01. The minimum atomic E-state index is -0.595. The number of halogens is 2. The Kier molecular flexibility index (Phi) is 5.97.